The monoisotopic (exact) mass is 367 g/mol. The molecule has 1 amide bonds. The molecule has 4 rings (SSSR count). The van der Waals surface area contributed by atoms with Crippen molar-refractivity contribution < 1.29 is 14.7 Å². The molecule has 3 fully saturated rings. The molecule has 2 aliphatic carbocycles. The lowest BCUT2D eigenvalue weighted by atomic mass is 9.92. The Morgan fingerprint density at radius 1 is 1.12 bits per heavy atom. The van der Waals surface area contributed by atoms with Crippen LogP contribution in [0.5, 0.6) is 0 Å². The minimum atomic E-state index is -0.771. The van der Waals surface area contributed by atoms with Gasteiger partial charge in [0.2, 0.25) is 5.91 Å². The number of nitrogens with zero attached hydrogens (tertiary/aromatic N) is 1. The van der Waals surface area contributed by atoms with Crippen LogP contribution in [0.4, 0.5) is 0 Å². The predicted molar refractivity (Wildman–Crippen MR) is 91.2 cm³/mol. The number of carbonyl (C=O) groups excluding carboxylic acids is 1. The molecule has 1 aliphatic heterocycles. The molecule has 1 aromatic rings. The van der Waals surface area contributed by atoms with Crippen LogP contribution in [-0.2, 0) is 9.59 Å². The highest BCUT2D eigenvalue weighted by Gasteiger charge is 2.52. The second-order valence-corrected chi connectivity index (χ2v) is 8.07. The molecular weight excluding hydrogens is 349 g/mol. The Labute approximate surface area is 150 Å². The van der Waals surface area contributed by atoms with Gasteiger partial charge in [0.05, 0.1) is 16.0 Å². The molecule has 1 N–H and O–H groups in total. The zero-order chi connectivity index (χ0) is 17.0. The third-order valence-corrected chi connectivity index (χ3v) is 6.54. The van der Waals surface area contributed by atoms with E-state index in [1.165, 1.54) is 0 Å². The number of hydrogen-bond donors (Lipinski definition) is 1. The first-order valence-corrected chi connectivity index (χ1v) is 9.18. The third-order valence-electron chi connectivity index (χ3n) is 5.71. The molecule has 0 spiro atoms. The van der Waals surface area contributed by atoms with E-state index in [9.17, 15) is 14.7 Å². The molecule has 1 saturated heterocycles. The SMILES string of the molecule is O=C(O)[C@H]1CN(C(=O)C2CC2c2cccc(Cl)c2Cl)C[C@@H]1C1CC1. The molecule has 4 nitrogen and oxygen atoms in total. The molecule has 2 unspecified atom stereocenters. The van der Waals surface area contributed by atoms with Crippen LogP contribution >= 0.6 is 23.2 Å². The first-order valence-electron chi connectivity index (χ1n) is 8.43. The molecule has 0 bridgehead atoms. The lowest BCUT2D eigenvalue weighted by Crippen LogP contribution is -2.31. The highest BCUT2D eigenvalue weighted by Crippen LogP contribution is 2.52. The van der Waals surface area contributed by atoms with E-state index in [1.807, 2.05) is 12.1 Å². The molecule has 0 radical (unpaired) electrons. The molecule has 0 aromatic heterocycles. The van der Waals surface area contributed by atoms with Gasteiger partial charge in [-0.05, 0) is 48.6 Å². The van der Waals surface area contributed by atoms with Gasteiger partial charge in [-0.3, -0.25) is 9.59 Å². The lowest BCUT2D eigenvalue weighted by molar-refractivity contribution is -0.142. The van der Waals surface area contributed by atoms with Crippen LogP contribution in [0.1, 0.15) is 30.7 Å². The zero-order valence-electron chi connectivity index (χ0n) is 13.1. The summed E-state index contributed by atoms with van der Waals surface area (Å²) in [6.45, 7) is 0.939. The number of amides is 1. The molecule has 2 saturated carbocycles. The lowest BCUT2D eigenvalue weighted by Gasteiger charge is -2.16. The summed E-state index contributed by atoms with van der Waals surface area (Å²) in [7, 11) is 0. The quantitative estimate of drug-likeness (QED) is 0.882. The highest BCUT2D eigenvalue weighted by molar-refractivity contribution is 6.42. The van der Waals surface area contributed by atoms with Crippen molar-refractivity contribution in [3.8, 4) is 0 Å². The minimum Gasteiger partial charge on any atom is -0.481 e. The van der Waals surface area contributed by atoms with Gasteiger partial charge in [-0.2, -0.15) is 0 Å². The highest BCUT2D eigenvalue weighted by atomic mass is 35.5. The summed E-state index contributed by atoms with van der Waals surface area (Å²) in [5.41, 5.74) is 0.926. The number of benzene rings is 1. The third kappa shape index (κ3) is 2.80. The van der Waals surface area contributed by atoms with Crippen molar-refractivity contribution in [1.82, 2.24) is 4.90 Å². The minimum absolute atomic E-state index is 0.0745. The number of carboxylic acid groups (broad SMARTS) is 1. The topological polar surface area (TPSA) is 57.6 Å². The average molecular weight is 368 g/mol. The Bertz CT molecular complexity index is 704. The molecular formula is C18H19Cl2NO3. The fraction of sp³-hybridized carbons (Fsp3) is 0.556. The van der Waals surface area contributed by atoms with Crippen LogP contribution in [-0.4, -0.2) is 35.0 Å². The summed E-state index contributed by atoms with van der Waals surface area (Å²) < 4.78 is 0. The maximum atomic E-state index is 12.8. The van der Waals surface area contributed by atoms with E-state index in [0.29, 0.717) is 29.1 Å². The summed E-state index contributed by atoms with van der Waals surface area (Å²) in [6, 6.07) is 5.51. The second-order valence-electron chi connectivity index (χ2n) is 7.28. The summed E-state index contributed by atoms with van der Waals surface area (Å²) in [4.78, 5) is 26.1. The summed E-state index contributed by atoms with van der Waals surface area (Å²) in [5, 5.41) is 10.5. The van der Waals surface area contributed by atoms with Gasteiger partial charge in [-0.25, -0.2) is 0 Å². The maximum Gasteiger partial charge on any atom is 0.308 e. The number of aliphatic carboxylic acids is 1. The Morgan fingerprint density at radius 3 is 2.54 bits per heavy atom. The van der Waals surface area contributed by atoms with E-state index in [1.54, 1.807) is 11.0 Å². The van der Waals surface area contributed by atoms with Crippen LogP contribution in [0, 0.1) is 23.7 Å². The van der Waals surface area contributed by atoms with Crippen molar-refractivity contribution in [2.75, 3.05) is 13.1 Å². The number of hydrogen-bond acceptors (Lipinski definition) is 2. The Balaban J connectivity index is 1.46. The van der Waals surface area contributed by atoms with Crippen molar-refractivity contribution in [2.24, 2.45) is 23.7 Å². The molecule has 1 aromatic carbocycles. The Kier molecular flexibility index (Phi) is 4.00. The van der Waals surface area contributed by atoms with Gasteiger partial charge >= 0.3 is 5.97 Å². The Hall–Kier alpha value is -1.26. The van der Waals surface area contributed by atoms with Gasteiger partial charge in [0.15, 0.2) is 0 Å². The number of halogens is 2. The molecule has 6 heteroatoms. The fourth-order valence-corrected chi connectivity index (χ4v) is 4.57. The molecule has 24 heavy (non-hydrogen) atoms. The van der Waals surface area contributed by atoms with Gasteiger partial charge in [0, 0.05) is 19.0 Å². The zero-order valence-corrected chi connectivity index (χ0v) is 14.6. The first-order chi connectivity index (χ1) is 11.5. The van der Waals surface area contributed by atoms with Gasteiger partial charge in [0.25, 0.3) is 0 Å². The van der Waals surface area contributed by atoms with Crippen LogP contribution in [0.15, 0.2) is 18.2 Å². The molecule has 3 aliphatic rings. The smallest absolute Gasteiger partial charge is 0.308 e. The van der Waals surface area contributed by atoms with Crippen LogP contribution in [0.25, 0.3) is 0 Å². The molecule has 4 atom stereocenters. The van der Waals surface area contributed by atoms with Crippen LogP contribution < -0.4 is 0 Å². The van der Waals surface area contributed by atoms with Gasteiger partial charge in [-0.15, -0.1) is 0 Å². The summed E-state index contributed by atoms with van der Waals surface area (Å²) >= 11 is 12.3. The van der Waals surface area contributed by atoms with E-state index in [-0.39, 0.29) is 23.7 Å². The number of carbonyl (C=O) groups is 2. The van der Waals surface area contributed by atoms with E-state index < -0.39 is 11.9 Å². The number of carboxylic acids is 1. The first kappa shape index (κ1) is 16.2. The van der Waals surface area contributed by atoms with E-state index in [4.69, 9.17) is 23.2 Å². The molecule has 1 heterocycles. The van der Waals surface area contributed by atoms with Crippen molar-refractivity contribution in [2.45, 2.75) is 25.2 Å². The Morgan fingerprint density at radius 2 is 1.88 bits per heavy atom. The van der Waals surface area contributed by atoms with Gasteiger partial charge in [-0.1, -0.05) is 35.3 Å². The average Bonchev–Trinajstić information content (AvgIpc) is 3.47. The maximum absolute atomic E-state index is 12.8. The fourth-order valence-electron chi connectivity index (χ4n) is 4.13. The second kappa shape index (κ2) is 5.92. The largest absolute Gasteiger partial charge is 0.481 e. The van der Waals surface area contributed by atoms with Gasteiger partial charge in [0.1, 0.15) is 0 Å². The van der Waals surface area contributed by atoms with Crippen molar-refractivity contribution in [3.63, 3.8) is 0 Å². The van der Waals surface area contributed by atoms with E-state index in [2.05, 4.69) is 0 Å². The number of likely N-dealkylation sites (tertiary alicyclic amines) is 1. The standard InChI is InChI=1S/C18H19Cl2NO3/c19-15-3-1-2-10(16(15)20)11-6-12(11)17(22)21-7-13(9-4-5-9)14(8-21)18(23)24/h1-3,9,11-14H,4-8H2,(H,23,24)/t11?,12?,13-,14+/m1/s1. The van der Waals surface area contributed by atoms with Gasteiger partial charge < -0.3 is 10.0 Å². The van der Waals surface area contributed by atoms with E-state index >= 15 is 0 Å². The van der Waals surface area contributed by atoms with Crippen molar-refractivity contribution >= 4 is 35.1 Å². The van der Waals surface area contributed by atoms with E-state index in [0.717, 1.165) is 24.8 Å². The number of rotatable bonds is 4. The normalized spacial score (nSPS) is 32.0. The predicted octanol–water partition coefficient (Wildman–Crippen LogP) is 3.67. The summed E-state index contributed by atoms with van der Waals surface area (Å²) in [5.74, 6) is -0.480. The van der Waals surface area contributed by atoms with Crippen molar-refractivity contribution in [1.29, 1.82) is 0 Å². The molecule has 128 valence electrons. The van der Waals surface area contributed by atoms with Crippen molar-refractivity contribution in [3.05, 3.63) is 33.8 Å². The van der Waals surface area contributed by atoms with Crippen LogP contribution in [0.3, 0.4) is 0 Å². The van der Waals surface area contributed by atoms with Crippen LogP contribution in [0.2, 0.25) is 10.0 Å². The summed E-state index contributed by atoms with van der Waals surface area (Å²) in [6.07, 6.45) is 2.96.